The monoisotopic (exact) mass is 328 g/mol. The largest absolute Gasteiger partial charge is 0.342 e. The fourth-order valence-corrected chi connectivity index (χ4v) is 2.86. The number of nitrogens with zero attached hydrogens (tertiary/aromatic N) is 1. The van der Waals surface area contributed by atoms with Crippen LogP contribution in [0.15, 0.2) is 18.2 Å². The van der Waals surface area contributed by atoms with Crippen molar-refractivity contribution in [2.24, 2.45) is 5.41 Å². The van der Waals surface area contributed by atoms with Crippen LogP contribution in [0.2, 0.25) is 10.0 Å². The molecule has 0 aliphatic carbocycles. The van der Waals surface area contributed by atoms with E-state index in [4.69, 9.17) is 23.2 Å². The zero-order valence-corrected chi connectivity index (χ0v) is 13.9. The Balaban J connectivity index is 2.48. The number of rotatable bonds is 1. The van der Waals surface area contributed by atoms with Crippen molar-refractivity contribution in [2.45, 2.75) is 39.8 Å². The van der Waals surface area contributed by atoms with Crippen molar-refractivity contribution in [3.05, 3.63) is 28.2 Å². The molecule has 2 atom stereocenters. The van der Waals surface area contributed by atoms with Gasteiger partial charge in [-0.15, -0.1) is 0 Å². The molecule has 0 bridgehead atoms. The molecule has 4 nitrogen and oxygen atoms in total. The lowest BCUT2D eigenvalue weighted by Gasteiger charge is -2.42. The Morgan fingerprint density at radius 1 is 1.19 bits per heavy atom. The van der Waals surface area contributed by atoms with E-state index in [2.05, 4.69) is 5.32 Å². The number of hydrogen-bond acceptors (Lipinski definition) is 2. The van der Waals surface area contributed by atoms with Crippen LogP contribution in [-0.2, 0) is 9.59 Å². The molecule has 1 aliphatic heterocycles. The second-order valence-corrected chi connectivity index (χ2v) is 7.13. The summed E-state index contributed by atoms with van der Waals surface area (Å²) < 4.78 is 0. The zero-order valence-electron chi connectivity index (χ0n) is 12.4. The molecule has 0 saturated carbocycles. The van der Waals surface area contributed by atoms with Gasteiger partial charge in [0.25, 0.3) is 5.91 Å². The van der Waals surface area contributed by atoms with Crippen LogP contribution in [0.25, 0.3) is 0 Å². The molecule has 1 aliphatic rings. The maximum atomic E-state index is 12.8. The molecule has 1 heterocycles. The summed E-state index contributed by atoms with van der Waals surface area (Å²) in [7, 11) is 0. The van der Waals surface area contributed by atoms with Crippen LogP contribution in [0.1, 0.15) is 27.7 Å². The quantitative estimate of drug-likeness (QED) is 0.860. The molecule has 0 spiro atoms. The van der Waals surface area contributed by atoms with E-state index in [-0.39, 0.29) is 17.2 Å². The Bertz CT molecular complexity index is 596. The number of halogens is 2. The van der Waals surface area contributed by atoms with Gasteiger partial charge in [0.2, 0.25) is 5.91 Å². The maximum Gasteiger partial charge on any atom is 0.250 e. The summed E-state index contributed by atoms with van der Waals surface area (Å²) in [6.07, 6.45) is 0. The summed E-state index contributed by atoms with van der Waals surface area (Å²) in [6, 6.07) is 3.68. The third-order valence-electron chi connectivity index (χ3n) is 3.57. The number of nitrogens with one attached hydrogen (secondary N) is 1. The lowest BCUT2D eigenvalue weighted by molar-refractivity contribution is -0.136. The molecule has 0 radical (unpaired) electrons. The van der Waals surface area contributed by atoms with Gasteiger partial charge >= 0.3 is 0 Å². The molecule has 2 amide bonds. The van der Waals surface area contributed by atoms with Crippen molar-refractivity contribution in [3.63, 3.8) is 0 Å². The normalized spacial score (nSPS) is 23.2. The number of carbonyl (C=O) groups excluding carboxylic acids is 2. The fourth-order valence-electron chi connectivity index (χ4n) is 2.36. The molecule has 6 heteroatoms. The first-order chi connectivity index (χ1) is 9.62. The molecule has 1 fully saturated rings. The van der Waals surface area contributed by atoms with Crippen LogP contribution >= 0.6 is 23.2 Å². The Hall–Kier alpha value is -1.26. The smallest absolute Gasteiger partial charge is 0.250 e. The molecule has 1 aromatic rings. The van der Waals surface area contributed by atoms with E-state index in [1.165, 1.54) is 4.90 Å². The third kappa shape index (κ3) is 3.01. The SMILES string of the molecule is CC1C(=O)NC(C(C)(C)C)C(=O)N1c1ccc(Cl)cc1Cl. The predicted molar refractivity (Wildman–Crippen MR) is 84.8 cm³/mol. The number of carbonyl (C=O) groups is 2. The fraction of sp³-hybridized carbons (Fsp3) is 0.467. The van der Waals surface area contributed by atoms with Crippen LogP contribution < -0.4 is 10.2 Å². The number of piperazine rings is 1. The summed E-state index contributed by atoms with van der Waals surface area (Å²) >= 11 is 12.1. The lowest BCUT2D eigenvalue weighted by atomic mass is 9.84. The molecule has 114 valence electrons. The van der Waals surface area contributed by atoms with Crippen LogP contribution in [0.5, 0.6) is 0 Å². The van der Waals surface area contributed by atoms with Gasteiger partial charge in [0.1, 0.15) is 12.1 Å². The summed E-state index contributed by atoms with van der Waals surface area (Å²) in [5.41, 5.74) is 0.118. The minimum absolute atomic E-state index is 0.168. The van der Waals surface area contributed by atoms with Crippen molar-refractivity contribution < 1.29 is 9.59 Å². The highest BCUT2D eigenvalue weighted by Crippen LogP contribution is 2.34. The Morgan fingerprint density at radius 2 is 1.81 bits per heavy atom. The second-order valence-electron chi connectivity index (χ2n) is 6.29. The van der Waals surface area contributed by atoms with E-state index in [1.54, 1.807) is 25.1 Å². The molecular formula is C15H18Cl2N2O2. The Morgan fingerprint density at radius 3 is 2.33 bits per heavy atom. The highest BCUT2D eigenvalue weighted by molar-refractivity contribution is 6.37. The predicted octanol–water partition coefficient (Wildman–Crippen LogP) is 3.26. The van der Waals surface area contributed by atoms with E-state index in [0.717, 1.165) is 0 Å². The summed E-state index contributed by atoms with van der Waals surface area (Å²) in [5, 5.41) is 3.62. The number of benzene rings is 1. The Labute approximate surface area is 134 Å². The average molecular weight is 329 g/mol. The van der Waals surface area contributed by atoms with E-state index >= 15 is 0 Å². The van der Waals surface area contributed by atoms with Crippen LogP contribution in [0, 0.1) is 5.41 Å². The maximum absolute atomic E-state index is 12.8. The topological polar surface area (TPSA) is 49.4 Å². The van der Waals surface area contributed by atoms with Crippen LogP contribution in [-0.4, -0.2) is 23.9 Å². The van der Waals surface area contributed by atoms with Gasteiger partial charge < -0.3 is 5.32 Å². The standard InChI is InChI=1S/C15H18Cl2N2O2/c1-8-13(20)18-12(15(2,3)4)14(21)19(8)11-6-5-9(16)7-10(11)17/h5-8,12H,1-4H3,(H,18,20). The molecule has 2 rings (SSSR count). The number of amides is 2. The summed E-state index contributed by atoms with van der Waals surface area (Å²) in [6.45, 7) is 7.41. The van der Waals surface area contributed by atoms with Gasteiger partial charge in [0.15, 0.2) is 0 Å². The van der Waals surface area contributed by atoms with E-state index in [0.29, 0.717) is 15.7 Å². The lowest BCUT2D eigenvalue weighted by Crippen LogP contribution is -2.66. The van der Waals surface area contributed by atoms with E-state index < -0.39 is 12.1 Å². The third-order valence-corrected chi connectivity index (χ3v) is 4.11. The van der Waals surface area contributed by atoms with Crippen LogP contribution in [0.4, 0.5) is 5.69 Å². The molecular weight excluding hydrogens is 311 g/mol. The van der Waals surface area contributed by atoms with E-state index in [1.807, 2.05) is 20.8 Å². The first-order valence-electron chi connectivity index (χ1n) is 6.71. The van der Waals surface area contributed by atoms with Gasteiger partial charge in [-0.1, -0.05) is 44.0 Å². The molecule has 0 aromatic heterocycles. The number of anilines is 1. The summed E-state index contributed by atoms with van der Waals surface area (Å²) in [4.78, 5) is 26.4. The summed E-state index contributed by atoms with van der Waals surface area (Å²) in [5.74, 6) is -0.362. The Kier molecular flexibility index (Phi) is 4.22. The van der Waals surface area contributed by atoms with Crippen molar-refractivity contribution in [1.29, 1.82) is 0 Å². The average Bonchev–Trinajstić information content (AvgIpc) is 2.35. The minimum atomic E-state index is -0.616. The van der Waals surface area contributed by atoms with Crippen molar-refractivity contribution in [1.82, 2.24) is 5.32 Å². The first kappa shape index (κ1) is 16.1. The number of hydrogen-bond donors (Lipinski definition) is 1. The van der Waals surface area contributed by atoms with Crippen molar-refractivity contribution in [3.8, 4) is 0 Å². The van der Waals surface area contributed by atoms with Gasteiger partial charge in [-0.05, 0) is 30.5 Å². The van der Waals surface area contributed by atoms with Crippen molar-refractivity contribution in [2.75, 3.05) is 4.90 Å². The minimum Gasteiger partial charge on any atom is -0.342 e. The molecule has 2 unspecified atom stereocenters. The highest BCUT2D eigenvalue weighted by Gasteiger charge is 2.44. The van der Waals surface area contributed by atoms with Crippen LogP contribution in [0.3, 0.4) is 0 Å². The second kappa shape index (κ2) is 5.50. The van der Waals surface area contributed by atoms with Crippen molar-refractivity contribution >= 4 is 40.7 Å². The van der Waals surface area contributed by atoms with Gasteiger partial charge in [-0.25, -0.2) is 0 Å². The highest BCUT2D eigenvalue weighted by atomic mass is 35.5. The molecule has 1 N–H and O–H groups in total. The molecule has 1 aromatic carbocycles. The zero-order chi connectivity index (χ0) is 15.9. The van der Waals surface area contributed by atoms with E-state index in [9.17, 15) is 9.59 Å². The first-order valence-corrected chi connectivity index (χ1v) is 7.47. The molecule has 21 heavy (non-hydrogen) atoms. The van der Waals surface area contributed by atoms with Gasteiger partial charge in [0.05, 0.1) is 10.7 Å². The van der Waals surface area contributed by atoms with Gasteiger partial charge in [0, 0.05) is 5.02 Å². The van der Waals surface area contributed by atoms with Gasteiger partial charge in [-0.3, -0.25) is 14.5 Å². The van der Waals surface area contributed by atoms with Gasteiger partial charge in [-0.2, -0.15) is 0 Å². The molecule has 1 saturated heterocycles.